The van der Waals surface area contributed by atoms with E-state index in [1.807, 2.05) is 6.07 Å². The maximum atomic E-state index is 13.3. The van der Waals surface area contributed by atoms with Crippen LogP contribution in [0.1, 0.15) is 58.2 Å². The van der Waals surface area contributed by atoms with Gasteiger partial charge in [-0.05, 0) is 62.5 Å². The highest BCUT2D eigenvalue weighted by Crippen LogP contribution is 2.43. The molecule has 0 bridgehead atoms. The van der Waals surface area contributed by atoms with Crippen molar-refractivity contribution in [3.63, 3.8) is 0 Å². The molecule has 0 unspecified atom stereocenters. The van der Waals surface area contributed by atoms with Gasteiger partial charge in [-0.3, -0.25) is 14.0 Å². The third-order valence-electron chi connectivity index (χ3n) is 6.94. The van der Waals surface area contributed by atoms with E-state index in [1.165, 1.54) is 4.57 Å². The van der Waals surface area contributed by atoms with Crippen LogP contribution in [-0.2, 0) is 25.1 Å². The van der Waals surface area contributed by atoms with E-state index in [1.54, 1.807) is 44.6 Å². The maximum absolute atomic E-state index is 13.3. The molecule has 8 nitrogen and oxygen atoms in total. The molecule has 1 aliphatic rings. The van der Waals surface area contributed by atoms with Crippen LogP contribution in [-0.4, -0.2) is 50.9 Å². The number of ether oxygens (including phenoxy) is 1. The van der Waals surface area contributed by atoms with E-state index in [0.717, 1.165) is 18.2 Å². The third-order valence-corrected chi connectivity index (χ3v) is 12.0. The van der Waals surface area contributed by atoms with Crippen molar-refractivity contribution in [2.45, 2.75) is 83.3 Å². The molecule has 1 aliphatic heterocycles. The number of rotatable bonds is 8. The molecule has 0 radical (unpaired) electrons. The Morgan fingerprint density at radius 3 is 2.51 bits per heavy atom. The Hall–Kier alpha value is -2.01. The summed E-state index contributed by atoms with van der Waals surface area (Å²) >= 11 is 0. The monoisotopic (exact) mass is 522 g/mol. The van der Waals surface area contributed by atoms with Crippen molar-refractivity contribution in [3.05, 3.63) is 58.3 Å². The number of nitrogens with zero attached hydrogens (tertiary/aromatic N) is 2. The zero-order valence-electron chi connectivity index (χ0n) is 22.0. The predicted molar refractivity (Wildman–Crippen MR) is 139 cm³/mol. The van der Waals surface area contributed by atoms with E-state index in [9.17, 15) is 13.2 Å². The second kappa shape index (κ2) is 9.80. The maximum Gasteiger partial charge on any atom is 0.264 e. The molecule has 194 valence electrons. The van der Waals surface area contributed by atoms with Crippen molar-refractivity contribution < 1.29 is 21.8 Å². The van der Waals surface area contributed by atoms with Gasteiger partial charge >= 0.3 is 0 Å². The summed E-state index contributed by atoms with van der Waals surface area (Å²) < 4.78 is 43.5. The molecular weight excluding hydrogens is 484 g/mol. The molecule has 0 aliphatic carbocycles. The van der Waals surface area contributed by atoms with Crippen molar-refractivity contribution in [2.24, 2.45) is 0 Å². The normalized spacial score (nSPS) is 20.2. The first kappa shape index (κ1) is 27.6. The highest BCUT2D eigenvalue weighted by Gasteiger charge is 2.48. The lowest BCUT2D eigenvalue weighted by atomic mass is 9.87. The van der Waals surface area contributed by atoms with Crippen LogP contribution >= 0.6 is 0 Å². The van der Waals surface area contributed by atoms with Crippen LogP contribution in [0.3, 0.4) is 0 Å². The standard InChI is InChI=1S/C25H38N2O6SSi/c1-24(2,3)35(7,8)31-15-9-10-18-12-14-27(21(28)16-18)22-19-17-26-13-11-20(19)32-25(4,5)23(22)33-34(6,29)30/h11-14,16-17,22-23H,9-10,15H2,1-8H3/t22-,23+/m1/s1. The van der Waals surface area contributed by atoms with Crippen molar-refractivity contribution in [1.82, 2.24) is 9.55 Å². The second-order valence-corrected chi connectivity index (χ2v) is 17.7. The summed E-state index contributed by atoms with van der Waals surface area (Å²) in [6, 6.07) is 4.48. The summed E-state index contributed by atoms with van der Waals surface area (Å²) in [5.41, 5.74) is 0.246. The van der Waals surface area contributed by atoms with Crippen LogP contribution in [0.4, 0.5) is 0 Å². The Bertz CT molecular complexity index is 1220. The number of hydrogen-bond acceptors (Lipinski definition) is 7. The molecule has 10 heteroatoms. The number of pyridine rings is 2. The first-order valence-electron chi connectivity index (χ1n) is 11.9. The number of aryl methyl sites for hydroxylation is 1. The minimum absolute atomic E-state index is 0.153. The first-order chi connectivity index (χ1) is 16.0. The molecule has 0 aromatic carbocycles. The van der Waals surface area contributed by atoms with Crippen LogP contribution in [0.5, 0.6) is 5.75 Å². The van der Waals surface area contributed by atoms with Crippen molar-refractivity contribution >= 4 is 18.4 Å². The summed E-state index contributed by atoms with van der Waals surface area (Å²) in [7, 11) is -5.63. The van der Waals surface area contributed by atoms with Gasteiger partial charge in [-0.15, -0.1) is 0 Å². The summed E-state index contributed by atoms with van der Waals surface area (Å²) in [4.78, 5) is 17.4. The van der Waals surface area contributed by atoms with Gasteiger partial charge in [0.15, 0.2) is 8.32 Å². The number of fused-ring (bicyclic) bond motifs is 1. The van der Waals surface area contributed by atoms with Crippen LogP contribution in [0.25, 0.3) is 0 Å². The van der Waals surface area contributed by atoms with Gasteiger partial charge < -0.3 is 13.7 Å². The molecular formula is C25H38N2O6SSi. The van der Waals surface area contributed by atoms with Crippen molar-refractivity contribution in [2.75, 3.05) is 12.9 Å². The predicted octanol–water partition coefficient (Wildman–Crippen LogP) is 4.30. The van der Waals surface area contributed by atoms with Gasteiger partial charge in [0.1, 0.15) is 17.5 Å². The van der Waals surface area contributed by atoms with E-state index in [4.69, 9.17) is 13.3 Å². The molecule has 0 spiro atoms. The average Bonchev–Trinajstić information content (AvgIpc) is 2.70. The fraction of sp³-hybridized carbons (Fsp3) is 0.600. The van der Waals surface area contributed by atoms with Crippen molar-refractivity contribution in [1.29, 1.82) is 0 Å². The minimum atomic E-state index is -3.82. The quantitative estimate of drug-likeness (QED) is 0.290. The fourth-order valence-corrected chi connectivity index (χ4v) is 5.78. The molecule has 2 atom stereocenters. The molecule has 2 aromatic rings. The van der Waals surface area contributed by atoms with Gasteiger partial charge in [-0.1, -0.05) is 20.8 Å². The molecule has 0 saturated carbocycles. The third kappa shape index (κ3) is 6.41. The smallest absolute Gasteiger partial charge is 0.264 e. The lowest BCUT2D eigenvalue weighted by Gasteiger charge is -2.44. The SMILES string of the molecule is CC1(C)Oc2ccncc2[C@@H](n2ccc(CCCO[Si](C)(C)C(C)(C)C)cc2=O)[C@@H]1OS(C)(=O)=O. The van der Waals surface area contributed by atoms with E-state index in [0.29, 0.717) is 24.3 Å². The molecule has 3 heterocycles. The van der Waals surface area contributed by atoms with Crippen LogP contribution in [0, 0.1) is 0 Å². The lowest BCUT2D eigenvalue weighted by molar-refractivity contribution is -0.0465. The zero-order chi connectivity index (χ0) is 26.2. The Morgan fingerprint density at radius 2 is 1.91 bits per heavy atom. The van der Waals surface area contributed by atoms with E-state index < -0.39 is 36.2 Å². The average molecular weight is 523 g/mol. The van der Waals surface area contributed by atoms with Crippen LogP contribution in [0.15, 0.2) is 41.6 Å². The summed E-state index contributed by atoms with van der Waals surface area (Å²) in [5.74, 6) is 0.544. The Balaban J connectivity index is 1.87. The topological polar surface area (TPSA) is 96.7 Å². The Morgan fingerprint density at radius 1 is 1.23 bits per heavy atom. The molecule has 0 saturated heterocycles. The van der Waals surface area contributed by atoms with E-state index >= 15 is 0 Å². The number of hydrogen-bond donors (Lipinski definition) is 0. The lowest BCUT2D eigenvalue weighted by Crippen LogP contribution is -2.54. The van der Waals surface area contributed by atoms with Gasteiger partial charge in [0.2, 0.25) is 0 Å². The molecule has 0 N–H and O–H groups in total. The van der Waals surface area contributed by atoms with Gasteiger partial charge in [0.25, 0.3) is 15.7 Å². The van der Waals surface area contributed by atoms with E-state index in [-0.39, 0.29) is 10.6 Å². The Labute approximate surface area is 209 Å². The van der Waals surface area contributed by atoms with E-state index in [2.05, 4.69) is 38.8 Å². The summed E-state index contributed by atoms with van der Waals surface area (Å²) in [5, 5.41) is 0.153. The number of aromatic nitrogens is 2. The molecule has 2 aromatic heterocycles. The zero-order valence-corrected chi connectivity index (χ0v) is 23.8. The largest absolute Gasteiger partial charge is 0.485 e. The van der Waals surface area contributed by atoms with Gasteiger partial charge in [0.05, 0.1) is 12.3 Å². The molecule has 35 heavy (non-hydrogen) atoms. The minimum Gasteiger partial charge on any atom is -0.485 e. The summed E-state index contributed by atoms with van der Waals surface area (Å²) in [6.45, 7) is 15.2. The van der Waals surface area contributed by atoms with Crippen molar-refractivity contribution in [3.8, 4) is 5.75 Å². The first-order valence-corrected chi connectivity index (χ1v) is 16.6. The van der Waals surface area contributed by atoms with Crippen LogP contribution < -0.4 is 10.3 Å². The molecule has 0 fully saturated rings. The molecule has 0 amide bonds. The Kier molecular flexibility index (Phi) is 7.72. The van der Waals surface area contributed by atoms with Gasteiger partial charge in [0, 0.05) is 36.8 Å². The summed E-state index contributed by atoms with van der Waals surface area (Å²) in [6.07, 6.45) is 6.45. The van der Waals surface area contributed by atoms with Gasteiger partial charge in [-0.2, -0.15) is 8.42 Å². The fourth-order valence-electron chi connectivity index (χ4n) is 3.98. The molecule has 3 rings (SSSR count). The highest BCUT2D eigenvalue weighted by molar-refractivity contribution is 7.86. The highest BCUT2D eigenvalue weighted by atomic mass is 32.2. The van der Waals surface area contributed by atoms with Crippen LogP contribution in [0.2, 0.25) is 18.1 Å². The second-order valence-electron chi connectivity index (χ2n) is 11.3. The van der Waals surface area contributed by atoms with Gasteiger partial charge in [-0.25, -0.2) is 0 Å².